The van der Waals surface area contributed by atoms with E-state index in [1.54, 1.807) is 0 Å². The molecule has 3 aliphatic rings. The van der Waals surface area contributed by atoms with Gasteiger partial charge in [-0.2, -0.15) is 0 Å². The molecule has 0 spiro atoms. The number of halogens is 1. The molecule has 0 radical (unpaired) electrons. The Morgan fingerprint density at radius 3 is 2.40 bits per heavy atom. The van der Waals surface area contributed by atoms with Gasteiger partial charge in [0.1, 0.15) is 0 Å². The van der Waals surface area contributed by atoms with E-state index in [4.69, 9.17) is 17.3 Å². The summed E-state index contributed by atoms with van der Waals surface area (Å²) in [5.74, 6) is 2.43. The van der Waals surface area contributed by atoms with E-state index in [1.807, 2.05) is 6.92 Å². The zero-order valence-corrected chi connectivity index (χ0v) is 19.9. The summed E-state index contributed by atoms with van der Waals surface area (Å²) >= 11 is 5.00. The summed E-state index contributed by atoms with van der Waals surface area (Å²) in [6, 6.07) is 11.7. The first-order chi connectivity index (χ1) is 14.3. The maximum Gasteiger partial charge on any atom is 0.226 e. The lowest BCUT2D eigenvalue weighted by molar-refractivity contribution is -0.137. The average Bonchev–Trinajstić information content (AvgIpc) is 2.70. The summed E-state index contributed by atoms with van der Waals surface area (Å²) in [4.78, 5) is 13.4. The van der Waals surface area contributed by atoms with Gasteiger partial charge in [0, 0.05) is 23.4 Å². The van der Waals surface area contributed by atoms with Crippen molar-refractivity contribution in [2.75, 3.05) is 5.88 Å². The SMILES string of the molecule is CC1CC2CC(C)(C(=O)NC3CCC(N)CC3)CC(c3ccccc3)(C1)C2.CCCl. The van der Waals surface area contributed by atoms with E-state index in [9.17, 15) is 4.79 Å². The lowest BCUT2D eigenvalue weighted by atomic mass is 9.50. The van der Waals surface area contributed by atoms with E-state index in [-0.39, 0.29) is 10.8 Å². The molecule has 2 bridgehead atoms. The number of carbonyl (C=O) groups excluding carboxylic acids is 1. The molecular formula is C26H41ClN2O. The number of nitrogens with two attached hydrogens (primary N) is 1. The van der Waals surface area contributed by atoms with Crippen molar-refractivity contribution in [3.8, 4) is 0 Å². The third kappa shape index (κ3) is 5.40. The number of rotatable bonds is 3. The van der Waals surface area contributed by atoms with Crippen molar-refractivity contribution in [1.29, 1.82) is 0 Å². The van der Waals surface area contributed by atoms with Crippen LogP contribution in [0.15, 0.2) is 30.3 Å². The van der Waals surface area contributed by atoms with Crippen LogP contribution in [-0.2, 0) is 10.2 Å². The largest absolute Gasteiger partial charge is 0.353 e. The number of hydrogen-bond acceptors (Lipinski definition) is 2. The lowest BCUT2D eigenvalue weighted by Crippen LogP contribution is -2.54. The second kappa shape index (κ2) is 10.0. The normalized spacial score (nSPS) is 38.2. The smallest absolute Gasteiger partial charge is 0.226 e. The predicted octanol–water partition coefficient (Wildman–Crippen LogP) is 5.79. The topological polar surface area (TPSA) is 55.1 Å². The van der Waals surface area contributed by atoms with Crippen molar-refractivity contribution in [2.24, 2.45) is 23.0 Å². The number of carbonyl (C=O) groups is 1. The minimum Gasteiger partial charge on any atom is -0.353 e. The summed E-state index contributed by atoms with van der Waals surface area (Å²) in [6.45, 7) is 6.52. The summed E-state index contributed by atoms with van der Waals surface area (Å²) in [5, 5.41) is 3.42. The van der Waals surface area contributed by atoms with Crippen molar-refractivity contribution in [1.82, 2.24) is 5.32 Å². The minimum absolute atomic E-state index is 0.169. The standard InChI is InChI=1S/C24H36N2O.C2H5Cl/c1-17-12-18-14-23(2,22(27)26-21-10-8-20(25)9-11-21)16-24(13-17,15-18)19-6-4-3-5-7-19;1-2-3/h3-7,17-18,20-21H,8-16,25H2,1-2H3,(H,26,27);2H2,1H3. The summed E-state index contributed by atoms with van der Waals surface area (Å²) in [5.41, 5.74) is 7.41. The molecular weight excluding hydrogens is 392 g/mol. The lowest BCUT2D eigenvalue weighted by Gasteiger charge is -2.54. The number of hydrogen-bond donors (Lipinski definition) is 2. The fourth-order valence-electron chi connectivity index (χ4n) is 6.72. The first-order valence-electron chi connectivity index (χ1n) is 12.0. The number of nitrogens with one attached hydrogen (secondary N) is 1. The van der Waals surface area contributed by atoms with E-state index in [0.717, 1.165) is 50.3 Å². The van der Waals surface area contributed by atoms with Crippen LogP contribution in [0.1, 0.15) is 84.1 Å². The fourth-order valence-corrected chi connectivity index (χ4v) is 6.72. The van der Waals surface area contributed by atoms with E-state index >= 15 is 0 Å². The van der Waals surface area contributed by atoms with Crippen molar-refractivity contribution in [3.05, 3.63) is 35.9 Å². The van der Waals surface area contributed by atoms with Crippen LogP contribution < -0.4 is 11.1 Å². The van der Waals surface area contributed by atoms with Gasteiger partial charge in [-0.05, 0) is 80.6 Å². The molecule has 30 heavy (non-hydrogen) atoms. The molecule has 3 nitrogen and oxygen atoms in total. The number of amides is 1. The Bertz CT molecular complexity index is 684. The molecule has 4 rings (SSSR count). The Balaban J connectivity index is 0.000000806. The van der Waals surface area contributed by atoms with Crippen LogP contribution in [0.4, 0.5) is 0 Å². The van der Waals surface area contributed by atoms with Crippen molar-refractivity contribution in [2.45, 2.75) is 96.1 Å². The van der Waals surface area contributed by atoms with Gasteiger partial charge in [0.25, 0.3) is 0 Å². The monoisotopic (exact) mass is 432 g/mol. The highest BCUT2D eigenvalue weighted by Gasteiger charge is 2.53. The Hall–Kier alpha value is -1.06. The molecule has 0 aliphatic heterocycles. The Labute approximate surface area is 188 Å². The Morgan fingerprint density at radius 2 is 1.77 bits per heavy atom. The first-order valence-corrected chi connectivity index (χ1v) is 12.5. The highest BCUT2D eigenvalue weighted by molar-refractivity contribution is 6.17. The molecule has 3 aliphatic carbocycles. The van der Waals surface area contributed by atoms with Gasteiger partial charge in [0.2, 0.25) is 5.91 Å². The maximum atomic E-state index is 13.4. The van der Waals surface area contributed by atoms with Gasteiger partial charge in [-0.3, -0.25) is 4.79 Å². The minimum atomic E-state index is -0.252. The van der Waals surface area contributed by atoms with Gasteiger partial charge in [-0.25, -0.2) is 0 Å². The van der Waals surface area contributed by atoms with Crippen LogP contribution >= 0.6 is 11.6 Å². The average molecular weight is 433 g/mol. The number of benzene rings is 1. The molecule has 168 valence electrons. The van der Waals surface area contributed by atoms with Crippen molar-refractivity contribution in [3.63, 3.8) is 0 Å². The molecule has 4 atom stereocenters. The quantitative estimate of drug-likeness (QED) is 0.593. The highest BCUT2D eigenvalue weighted by Crippen LogP contribution is 2.58. The third-order valence-corrected chi connectivity index (χ3v) is 7.66. The third-order valence-electron chi connectivity index (χ3n) is 7.66. The van der Waals surface area contributed by atoms with E-state index in [1.165, 1.54) is 24.8 Å². The second-order valence-electron chi connectivity index (χ2n) is 10.6. The molecule has 3 fully saturated rings. The van der Waals surface area contributed by atoms with E-state index in [0.29, 0.717) is 23.9 Å². The molecule has 1 aromatic carbocycles. The van der Waals surface area contributed by atoms with Gasteiger partial charge in [0.05, 0.1) is 0 Å². The predicted molar refractivity (Wildman–Crippen MR) is 127 cm³/mol. The van der Waals surface area contributed by atoms with Crippen LogP contribution in [0.25, 0.3) is 0 Å². The van der Waals surface area contributed by atoms with Gasteiger partial charge in [-0.15, -0.1) is 11.6 Å². The molecule has 3 saturated carbocycles. The van der Waals surface area contributed by atoms with Gasteiger partial charge in [0.15, 0.2) is 0 Å². The zero-order chi connectivity index (χ0) is 21.8. The second-order valence-corrected chi connectivity index (χ2v) is 11.1. The van der Waals surface area contributed by atoms with Crippen LogP contribution in [0, 0.1) is 17.3 Å². The molecule has 1 amide bonds. The van der Waals surface area contributed by atoms with Crippen LogP contribution in [0.3, 0.4) is 0 Å². The Kier molecular flexibility index (Phi) is 7.90. The molecule has 0 saturated heterocycles. The van der Waals surface area contributed by atoms with Crippen LogP contribution in [0.5, 0.6) is 0 Å². The maximum absolute atomic E-state index is 13.4. The van der Waals surface area contributed by atoms with E-state index in [2.05, 4.69) is 49.5 Å². The van der Waals surface area contributed by atoms with Crippen LogP contribution in [-0.4, -0.2) is 23.9 Å². The molecule has 0 aromatic heterocycles. The Morgan fingerprint density at radius 1 is 1.13 bits per heavy atom. The summed E-state index contributed by atoms with van der Waals surface area (Å²) in [6.07, 6.45) is 9.92. The van der Waals surface area contributed by atoms with Crippen molar-refractivity contribution < 1.29 is 4.79 Å². The highest BCUT2D eigenvalue weighted by atomic mass is 35.5. The molecule has 4 heteroatoms. The molecule has 0 heterocycles. The van der Waals surface area contributed by atoms with Crippen LogP contribution in [0.2, 0.25) is 0 Å². The van der Waals surface area contributed by atoms with E-state index < -0.39 is 0 Å². The van der Waals surface area contributed by atoms with Gasteiger partial charge < -0.3 is 11.1 Å². The first kappa shape index (κ1) is 23.6. The van der Waals surface area contributed by atoms with Crippen molar-refractivity contribution >= 4 is 17.5 Å². The molecule has 3 N–H and O–H groups in total. The fraction of sp³-hybridized carbons (Fsp3) is 0.731. The van der Waals surface area contributed by atoms with Gasteiger partial charge >= 0.3 is 0 Å². The summed E-state index contributed by atoms with van der Waals surface area (Å²) < 4.78 is 0. The van der Waals surface area contributed by atoms with Gasteiger partial charge in [-0.1, -0.05) is 51.1 Å². The molecule has 4 unspecified atom stereocenters. The summed E-state index contributed by atoms with van der Waals surface area (Å²) in [7, 11) is 0. The zero-order valence-electron chi connectivity index (χ0n) is 19.1. The number of fused-ring (bicyclic) bond motifs is 2. The number of alkyl halides is 1. The molecule has 1 aromatic rings.